The Morgan fingerprint density at radius 3 is 2.62 bits per heavy atom. The highest BCUT2D eigenvalue weighted by Crippen LogP contribution is 2.52. The molecule has 0 amide bonds. The lowest BCUT2D eigenvalue weighted by Gasteiger charge is -2.30. The number of halogens is 1. The number of ether oxygens (including phenoxy) is 2. The Morgan fingerprint density at radius 1 is 1.30 bits per heavy atom. The molecular formula is C21H26ClN6O8P. The number of fused-ring (bicyclic) bond motifs is 1. The van der Waals surface area contributed by atoms with Gasteiger partial charge in [-0.1, -0.05) is 11.6 Å². The van der Waals surface area contributed by atoms with Crippen LogP contribution in [0.25, 0.3) is 11.2 Å². The van der Waals surface area contributed by atoms with Gasteiger partial charge in [0.05, 0.1) is 13.4 Å². The number of esters is 1. The van der Waals surface area contributed by atoms with E-state index < -0.39 is 43.5 Å². The second kappa shape index (κ2) is 9.80. The number of aliphatic hydroxyl groups is 2. The number of nitrogens with one attached hydrogen (secondary N) is 1. The Balaban J connectivity index is 1.67. The number of aliphatic hydroxyl groups excluding tert-OH is 1. The van der Waals surface area contributed by atoms with Crippen molar-refractivity contribution in [3.05, 3.63) is 41.9 Å². The molecule has 200 valence electrons. The third kappa shape index (κ3) is 5.27. The molecule has 3 unspecified atom stereocenters. The Hall–Kier alpha value is -2.84. The minimum Gasteiger partial charge on any atom is -0.468 e. The van der Waals surface area contributed by atoms with Crippen LogP contribution in [0.2, 0.25) is 5.02 Å². The molecule has 16 heteroatoms. The molecule has 2 aromatic heterocycles. The Morgan fingerprint density at radius 2 is 1.97 bits per heavy atom. The molecular weight excluding hydrogens is 531 g/mol. The van der Waals surface area contributed by atoms with Crippen LogP contribution in [0.15, 0.2) is 36.9 Å². The molecule has 1 aliphatic rings. The monoisotopic (exact) mass is 556 g/mol. The molecule has 37 heavy (non-hydrogen) atoms. The average molecular weight is 557 g/mol. The first-order valence-electron chi connectivity index (χ1n) is 10.9. The van der Waals surface area contributed by atoms with Crippen LogP contribution < -0.4 is 15.3 Å². The molecule has 1 saturated heterocycles. The largest absolute Gasteiger partial charge is 0.468 e. The first kappa shape index (κ1) is 27.2. The minimum absolute atomic E-state index is 0.0736. The van der Waals surface area contributed by atoms with E-state index in [-0.39, 0.29) is 22.7 Å². The van der Waals surface area contributed by atoms with Crippen molar-refractivity contribution in [1.29, 1.82) is 0 Å². The van der Waals surface area contributed by atoms with Crippen molar-refractivity contribution >= 4 is 42.3 Å². The number of aromatic nitrogens is 4. The zero-order chi connectivity index (χ0) is 27.2. The molecule has 1 aliphatic heterocycles. The second-order valence-electron chi connectivity index (χ2n) is 8.99. The maximum Gasteiger partial charge on any atom is 0.462 e. The first-order chi connectivity index (χ1) is 17.3. The molecule has 5 atom stereocenters. The topological polar surface area (TPSA) is 193 Å². The summed E-state index contributed by atoms with van der Waals surface area (Å²) >= 11 is 5.92. The molecule has 0 spiro atoms. The van der Waals surface area contributed by atoms with Gasteiger partial charge in [-0.3, -0.25) is 13.9 Å². The minimum atomic E-state index is -4.51. The summed E-state index contributed by atoms with van der Waals surface area (Å²) in [6, 6.07) is 5.84. The number of anilines is 1. The maximum atomic E-state index is 13.9. The summed E-state index contributed by atoms with van der Waals surface area (Å²) in [5.41, 5.74) is 2.76. The molecule has 1 fully saturated rings. The lowest BCUT2D eigenvalue weighted by molar-refractivity contribution is -0.147. The van der Waals surface area contributed by atoms with Gasteiger partial charge in [0.15, 0.2) is 17.7 Å². The molecule has 1 aromatic carbocycles. The van der Waals surface area contributed by atoms with Gasteiger partial charge in [-0.05, 0) is 45.0 Å². The predicted molar refractivity (Wildman–Crippen MR) is 130 cm³/mol. The van der Waals surface area contributed by atoms with E-state index in [0.717, 1.165) is 7.11 Å². The maximum absolute atomic E-state index is 13.9. The van der Waals surface area contributed by atoms with Gasteiger partial charge in [-0.25, -0.2) is 19.5 Å². The van der Waals surface area contributed by atoms with Gasteiger partial charge in [0.25, 0.3) is 0 Å². The van der Waals surface area contributed by atoms with E-state index in [0.29, 0.717) is 5.02 Å². The van der Waals surface area contributed by atoms with Crippen LogP contribution in [0.5, 0.6) is 5.75 Å². The van der Waals surface area contributed by atoms with Crippen LogP contribution in [0, 0.1) is 0 Å². The lowest BCUT2D eigenvalue weighted by atomic mass is 9.99. The fourth-order valence-corrected chi connectivity index (χ4v) is 5.60. The van der Waals surface area contributed by atoms with Crippen LogP contribution in [0.4, 0.5) is 5.82 Å². The molecule has 0 saturated carbocycles. The van der Waals surface area contributed by atoms with Gasteiger partial charge in [-0.2, -0.15) is 5.09 Å². The molecule has 0 aliphatic carbocycles. The highest BCUT2D eigenvalue weighted by molar-refractivity contribution is 7.52. The van der Waals surface area contributed by atoms with E-state index in [1.165, 1.54) is 62.3 Å². The van der Waals surface area contributed by atoms with Crippen LogP contribution >= 0.6 is 19.3 Å². The predicted octanol–water partition coefficient (Wildman–Crippen LogP) is 1.77. The number of nitrogens with zero attached hydrogens (tertiary/aromatic N) is 4. The Bertz CT molecular complexity index is 1350. The first-order valence-corrected chi connectivity index (χ1v) is 12.8. The van der Waals surface area contributed by atoms with Gasteiger partial charge in [0, 0.05) is 5.02 Å². The summed E-state index contributed by atoms with van der Waals surface area (Å²) in [5, 5.41) is 25.0. The number of hydrogen-bond acceptors (Lipinski definition) is 12. The molecule has 3 aromatic rings. The van der Waals surface area contributed by atoms with Crippen LogP contribution in [0.3, 0.4) is 0 Å². The normalized spacial score (nSPS) is 25.6. The van der Waals surface area contributed by atoms with Crippen molar-refractivity contribution in [1.82, 2.24) is 24.6 Å². The third-order valence-corrected chi connectivity index (χ3v) is 7.67. The highest BCUT2D eigenvalue weighted by atomic mass is 35.5. The zero-order valence-corrected chi connectivity index (χ0v) is 21.9. The zero-order valence-electron chi connectivity index (χ0n) is 20.2. The second-order valence-corrected chi connectivity index (χ2v) is 11.0. The fraction of sp³-hybridized carbons (Fsp3) is 0.429. The van der Waals surface area contributed by atoms with Gasteiger partial charge in [0.1, 0.15) is 34.8 Å². The van der Waals surface area contributed by atoms with Gasteiger partial charge < -0.3 is 29.9 Å². The number of rotatable bonds is 8. The van der Waals surface area contributed by atoms with Gasteiger partial charge in [-0.15, -0.1) is 0 Å². The van der Waals surface area contributed by atoms with Crippen LogP contribution in [0.1, 0.15) is 27.0 Å². The summed E-state index contributed by atoms with van der Waals surface area (Å²) in [5.74, 6) is -0.592. The summed E-state index contributed by atoms with van der Waals surface area (Å²) in [6.45, 7) is 4.08. The Kier molecular flexibility index (Phi) is 7.20. The SMILES string of the molecule is COC(=O)C(C)(C)NP(=O)(Oc1ccc(Cl)cc1)OC1O[C@@H](n2cnc3c(N)ncnc32)[C@](C)(O)C1O. The summed E-state index contributed by atoms with van der Waals surface area (Å²) in [6.07, 6.45) is -2.23. The smallest absolute Gasteiger partial charge is 0.462 e. The molecule has 0 bridgehead atoms. The van der Waals surface area contributed by atoms with E-state index in [9.17, 15) is 19.6 Å². The summed E-state index contributed by atoms with van der Waals surface area (Å²) in [4.78, 5) is 24.4. The van der Waals surface area contributed by atoms with Crippen molar-refractivity contribution in [2.24, 2.45) is 0 Å². The number of nitrogens with two attached hydrogens (primary N) is 1. The highest BCUT2D eigenvalue weighted by Gasteiger charge is 2.57. The summed E-state index contributed by atoms with van der Waals surface area (Å²) in [7, 11) is -3.35. The van der Waals surface area contributed by atoms with E-state index in [1.54, 1.807) is 0 Å². The lowest BCUT2D eigenvalue weighted by Crippen LogP contribution is -2.48. The molecule has 0 radical (unpaired) electrons. The van der Waals surface area contributed by atoms with Crippen LogP contribution in [-0.2, 0) is 23.4 Å². The van der Waals surface area contributed by atoms with Crippen molar-refractivity contribution in [3.63, 3.8) is 0 Å². The number of carbonyl (C=O) groups excluding carboxylic acids is 1. The number of carbonyl (C=O) groups is 1. The van der Waals surface area contributed by atoms with E-state index in [4.69, 9.17) is 35.9 Å². The number of benzene rings is 1. The summed E-state index contributed by atoms with van der Waals surface area (Å²) < 4.78 is 37.1. The van der Waals surface area contributed by atoms with Crippen molar-refractivity contribution in [2.45, 2.75) is 50.5 Å². The average Bonchev–Trinajstić information content (AvgIpc) is 3.34. The molecule has 14 nitrogen and oxygen atoms in total. The third-order valence-electron chi connectivity index (χ3n) is 5.65. The number of hydrogen-bond donors (Lipinski definition) is 4. The van der Waals surface area contributed by atoms with Crippen molar-refractivity contribution in [3.8, 4) is 5.75 Å². The number of imidazole rings is 1. The van der Waals surface area contributed by atoms with Crippen molar-refractivity contribution in [2.75, 3.05) is 12.8 Å². The van der Waals surface area contributed by atoms with Gasteiger partial charge in [0.2, 0.25) is 6.29 Å². The van der Waals surface area contributed by atoms with E-state index in [1.807, 2.05) is 0 Å². The van der Waals surface area contributed by atoms with Crippen LogP contribution in [-0.4, -0.2) is 66.3 Å². The van der Waals surface area contributed by atoms with E-state index >= 15 is 0 Å². The molecule has 5 N–H and O–H groups in total. The number of nitrogen functional groups attached to an aromatic ring is 1. The van der Waals surface area contributed by atoms with Crippen molar-refractivity contribution < 1.29 is 38.1 Å². The van der Waals surface area contributed by atoms with E-state index in [2.05, 4.69) is 20.0 Å². The Labute approximate surface area is 216 Å². The number of methoxy groups -OCH3 is 1. The standard InChI is InChI=1S/C21H26ClN6O8P/c1-20(2,19(30)33-4)27-37(32,35-12-7-5-11(22)6-8-12)36-17-14(29)21(3,31)18(34-17)28-10-26-13-15(23)24-9-25-16(13)28/h5-10,14,17-18,29,31H,1-4H3,(H,27,32)(H2,23,24,25)/t14?,17?,18-,21-,37?/m1/s1. The quantitative estimate of drug-likeness (QED) is 0.232. The fourth-order valence-electron chi connectivity index (χ4n) is 3.72. The molecule has 4 rings (SSSR count). The van der Waals surface area contributed by atoms with Gasteiger partial charge >= 0.3 is 13.7 Å². The molecule has 3 heterocycles.